The molecule has 4 heteroatoms. The number of carbonyl (C=O) groups is 1. The van der Waals surface area contributed by atoms with E-state index in [4.69, 9.17) is 10.5 Å². The molecule has 26 heavy (non-hydrogen) atoms. The normalized spacial score (nSPS) is 19.7. The molecule has 0 radical (unpaired) electrons. The predicted octanol–water partition coefficient (Wildman–Crippen LogP) is 6.01. The van der Waals surface area contributed by atoms with Crippen molar-refractivity contribution in [1.29, 1.82) is 0 Å². The molecule has 0 atom stereocenters. The second-order valence-electron chi connectivity index (χ2n) is 6.42. The molecule has 0 saturated heterocycles. The standard InChI is InChI=1S/C22H30BrNO2/c1-17(13-14-21(23)16-24)18(2)15-20-10-4-7-19(8-5-11-20)9-6-12-22(25)26-3/h7,11,13-14,16H,1-2,4-6,8-10,12,15,24H2,3H3/b14-13-,19-7+,20-11+,21-16+. The molecule has 1 rings (SSSR count). The summed E-state index contributed by atoms with van der Waals surface area (Å²) in [6, 6.07) is 0. The van der Waals surface area contributed by atoms with Gasteiger partial charge in [0.15, 0.2) is 0 Å². The summed E-state index contributed by atoms with van der Waals surface area (Å²) in [6.45, 7) is 8.25. The number of rotatable bonds is 9. The maximum absolute atomic E-state index is 11.2. The summed E-state index contributed by atoms with van der Waals surface area (Å²) in [5.41, 5.74) is 10.3. The number of ether oxygens (including phenoxy) is 1. The Hall–Kier alpha value is -1.81. The Morgan fingerprint density at radius 3 is 2.54 bits per heavy atom. The van der Waals surface area contributed by atoms with Gasteiger partial charge in [-0.25, -0.2) is 0 Å². The van der Waals surface area contributed by atoms with Crippen LogP contribution in [0.4, 0.5) is 0 Å². The van der Waals surface area contributed by atoms with Gasteiger partial charge in [0.2, 0.25) is 0 Å². The SMILES string of the molecule is C=C(/C=C\C(Br)=C/N)C(=C)C/C1=C/CC/C(CCCC(=O)OC)=C\CC1. The summed E-state index contributed by atoms with van der Waals surface area (Å²) in [7, 11) is 1.44. The van der Waals surface area contributed by atoms with E-state index in [0.717, 1.165) is 60.6 Å². The molecule has 1 aliphatic rings. The fourth-order valence-electron chi connectivity index (χ4n) is 2.82. The van der Waals surface area contributed by atoms with Gasteiger partial charge in [0.1, 0.15) is 0 Å². The van der Waals surface area contributed by atoms with Crippen LogP contribution in [0.25, 0.3) is 0 Å². The van der Waals surface area contributed by atoms with Gasteiger partial charge >= 0.3 is 5.97 Å². The van der Waals surface area contributed by atoms with E-state index >= 15 is 0 Å². The molecule has 0 saturated carbocycles. The first-order valence-electron chi connectivity index (χ1n) is 9.01. The molecule has 0 fully saturated rings. The Kier molecular flexibility index (Phi) is 10.7. The number of hydrogen-bond donors (Lipinski definition) is 1. The highest BCUT2D eigenvalue weighted by Crippen LogP contribution is 2.26. The molecule has 0 bridgehead atoms. The lowest BCUT2D eigenvalue weighted by molar-refractivity contribution is -0.140. The van der Waals surface area contributed by atoms with Crippen LogP contribution in [0.3, 0.4) is 0 Å². The zero-order valence-corrected chi connectivity index (χ0v) is 17.3. The Morgan fingerprint density at radius 2 is 1.88 bits per heavy atom. The molecule has 142 valence electrons. The summed E-state index contributed by atoms with van der Waals surface area (Å²) in [5, 5.41) is 0. The Balaban J connectivity index is 2.45. The minimum Gasteiger partial charge on any atom is -0.469 e. The van der Waals surface area contributed by atoms with Crippen molar-refractivity contribution in [3.05, 3.63) is 70.4 Å². The van der Waals surface area contributed by atoms with Crippen molar-refractivity contribution in [1.82, 2.24) is 0 Å². The highest BCUT2D eigenvalue weighted by atomic mass is 79.9. The predicted molar refractivity (Wildman–Crippen MR) is 114 cm³/mol. The second-order valence-corrected chi connectivity index (χ2v) is 7.34. The molecule has 0 unspecified atom stereocenters. The van der Waals surface area contributed by atoms with Crippen LogP contribution in [-0.2, 0) is 9.53 Å². The van der Waals surface area contributed by atoms with Gasteiger partial charge in [-0.05, 0) is 78.1 Å². The highest BCUT2D eigenvalue weighted by Gasteiger charge is 2.08. The second kappa shape index (κ2) is 12.5. The summed E-state index contributed by atoms with van der Waals surface area (Å²) >= 11 is 3.34. The molecule has 0 heterocycles. The Bertz CT molecular complexity index is 639. The lowest BCUT2D eigenvalue weighted by atomic mass is 9.92. The molecule has 0 aliphatic heterocycles. The van der Waals surface area contributed by atoms with Gasteiger partial charge in [-0.2, -0.15) is 0 Å². The van der Waals surface area contributed by atoms with Crippen molar-refractivity contribution in [3.8, 4) is 0 Å². The van der Waals surface area contributed by atoms with Gasteiger partial charge in [-0.1, -0.05) is 42.5 Å². The molecule has 0 aromatic rings. The van der Waals surface area contributed by atoms with Crippen LogP contribution < -0.4 is 5.73 Å². The summed E-state index contributed by atoms with van der Waals surface area (Å²) in [5.74, 6) is -0.125. The first kappa shape index (κ1) is 22.2. The van der Waals surface area contributed by atoms with Gasteiger partial charge in [-0.3, -0.25) is 4.79 Å². The number of nitrogens with two attached hydrogens (primary N) is 1. The van der Waals surface area contributed by atoms with E-state index in [1.54, 1.807) is 0 Å². The van der Waals surface area contributed by atoms with Crippen LogP contribution in [0.5, 0.6) is 0 Å². The van der Waals surface area contributed by atoms with Crippen molar-refractivity contribution in [3.63, 3.8) is 0 Å². The molecule has 0 spiro atoms. The third-order valence-electron chi connectivity index (χ3n) is 4.40. The van der Waals surface area contributed by atoms with Gasteiger partial charge in [-0.15, -0.1) is 0 Å². The molecule has 2 N–H and O–H groups in total. The van der Waals surface area contributed by atoms with Crippen molar-refractivity contribution in [2.45, 2.75) is 51.4 Å². The maximum atomic E-state index is 11.2. The third-order valence-corrected chi connectivity index (χ3v) is 4.93. The fourth-order valence-corrected chi connectivity index (χ4v) is 2.95. The van der Waals surface area contributed by atoms with Crippen LogP contribution in [0.1, 0.15) is 51.4 Å². The zero-order chi connectivity index (χ0) is 19.4. The smallest absolute Gasteiger partial charge is 0.305 e. The average Bonchev–Trinajstić information content (AvgIpc) is 2.62. The van der Waals surface area contributed by atoms with E-state index in [-0.39, 0.29) is 5.97 Å². The molecule has 1 aliphatic carbocycles. The molecule has 3 nitrogen and oxygen atoms in total. The van der Waals surface area contributed by atoms with E-state index < -0.39 is 0 Å². The molecule has 0 aromatic carbocycles. The molecular weight excluding hydrogens is 390 g/mol. The van der Waals surface area contributed by atoms with Crippen molar-refractivity contribution in [2.75, 3.05) is 7.11 Å². The number of halogens is 1. The van der Waals surface area contributed by atoms with Crippen LogP contribution in [0, 0.1) is 0 Å². The Morgan fingerprint density at radius 1 is 1.23 bits per heavy atom. The summed E-state index contributed by atoms with van der Waals surface area (Å²) in [6.07, 6.45) is 17.4. The van der Waals surface area contributed by atoms with Gasteiger partial charge < -0.3 is 10.5 Å². The number of esters is 1. The number of hydrogen-bond acceptors (Lipinski definition) is 3. The van der Waals surface area contributed by atoms with E-state index in [1.165, 1.54) is 24.5 Å². The minimum atomic E-state index is -0.125. The molecule has 0 aromatic heterocycles. The van der Waals surface area contributed by atoms with Crippen LogP contribution in [0.2, 0.25) is 0 Å². The summed E-state index contributed by atoms with van der Waals surface area (Å²) in [4.78, 5) is 11.2. The minimum absolute atomic E-state index is 0.125. The molecular formula is C22H30BrNO2. The monoisotopic (exact) mass is 419 g/mol. The van der Waals surface area contributed by atoms with Crippen LogP contribution in [-0.4, -0.2) is 13.1 Å². The lowest BCUT2D eigenvalue weighted by Gasteiger charge is -2.14. The van der Waals surface area contributed by atoms with Crippen molar-refractivity contribution >= 4 is 21.9 Å². The fraction of sp³-hybridized carbons (Fsp3) is 0.409. The van der Waals surface area contributed by atoms with E-state index in [1.807, 2.05) is 12.2 Å². The van der Waals surface area contributed by atoms with Gasteiger partial charge in [0.05, 0.1) is 7.11 Å². The maximum Gasteiger partial charge on any atom is 0.305 e. The largest absolute Gasteiger partial charge is 0.469 e. The van der Waals surface area contributed by atoms with Crippen molar-refractivity contribution in [2.24, 2.45) is 5.73 Å². The number of carbonyl (C=O) groups excluding carboxylic acids is 1. The number of methoxy groups -OCH3 is 1. The zero-order valence-electron chi connectivity index (χ0n) is 15.7. The highest BCUT2D eigenvalue weighted by molar-refractivity contribution is 9.11. The first-order valence-corrected chi connectivity index (χ1v) is 9.80. The van der Waals surface area contributed by atoms with Gasteiger partial charge in [0.25, 0.3) is 0 Å². The Labute approximate surface area is 166 Å². The third kappa shape index (κ3) is 9.04. The number of allylic oxidation sites excluding steroid dienone is 9. The summed E-state index contributed by atoms with van der Waals surface area (Å²) < 4.78 is 5.51. The molecule has 0 amide bonds. The van der Waals surface area contributed by atoms with Gasteiger partial charge in [0, 0.05) is 17.1 Å². The topological polar surface area (TPSA) is 52.3 Å². The lowest BCUT2D eigenvalue weighted by Crippen LogP contribution is -2.00. The van der Waals surface area contributed by atoms with Crippen LogP contribution >= 0.6 is 15.9 Å². The van der Waals surface area contributed by atoms with E-state index in [9.17, 15) is 4.79 Å². The average molecular weight is 420 g/mol. The van der Waals surface area contributed by atoms with Crippen LogP contribution in [0.15, 0.2) is 70.4 Å². The first-order chi connectivity index (χ1) is 12.5. The van der Waals surface area contributed by atoms with Crippen molar-refractivity contribution < 1.29 is 9.53 Å². The van der Waals surface area contributed by atoms with E-state index in [2.05, 4.69) is 41.2 Å². The van der Waals surface area contributed by atoms with E-state index in [0.29, 0.717) is 6.42 Å². The quantitative estimate of drug-likeness (QED) is 0.282.